The number of fused-ring (bicyclic) bond motifs is 1. The highest BCUT2D eigenvalue weighted by Gasteiger charge is 2.27. The zero-order chi connectivity index (χ0) is 26.5. The molecule has 0 unspecified atom stereocenters. The zero-order valence-electron chi connectivity index (χ0n) is 18.5. The van der Waals surface area contributed by atoms with Crippen LogP contribution in [0.1, 0.15) is 11.1 Å². The number of benzene rings is 3. The molecule has 7 nitrogen and oxygen atoms in total. The maximum atomic E-state index is 15.6. The number of rotatable bonds is 6. The molecule has 2 aromatic heterocycles. The lowest BCUT2D eigenvalue weighted by Gasteiger charge is -2.13. The summed E-state index contributed by atoms with van der Waals surface area (Å²) in [5, 5.41) is 16.1. The van der Waals surface area contributed by atoms with E-state index >= 15 is 8.78 Å². The van der Waals surface area contributed by atoms with E-state index in [0.29, 0.717) is 16.9 Å². The standard InChI is InChI=1S/C24H15Cl2F3N4O3S/c25-13-7-12(9-34)19(26)17(8-13)37(35,36)10-11-1-4-16(27)18(20(11)28)14-2-3-15-22(21(14)29)32-33-23(15)24-30-5-6-31-24/h1-8,34H,9-10H2,(H,30,31)(H,32,33). The third-order valence-corrected chi connectivity index (χ3v) is 8.23. The molecule has 0 amide bonds. The molecule has 13 heteroatoms. The van der Waals surface area contributed by atoms with E-state index in [0.717, 1.165) is 18.2 Å². The van der Waals surface area contributed by atoms with Crippen LogP contribution in [0.4, 0.5) is 13.2 Å². The Morgan fingerprint density at radius 2 is 1.78 bits per heavy atom. The highest BCUT2D eigenvalue weighted by atomic mass is 35.5. The summed E-state index contributed by atoms with van der Waals surface area (Å²) >= 11 is 12.1. The molecule has 3 aromatic carbocycles. The van der Waals surface area contributed by atoms with Crippen molar-refractivity contribution in [2.24, 2.45) is 0 Å². The minimum Gasteiger partial charge on any atom is -0.392 e. The molecule has 0 fully saturated rings. The van der Waals surface area contributed by atoms with Gasteiger partial charge in [0.1, 0.15) is 22.8 Å². The molecule has 37 heavy (non-hydrogen) atoms. The molecule has 190 valence electrons. The van der Waals surface area contributed by atoms with Gasteiger partial charge in [-0.15, -0.1) is 0 Å². The normalized spacial score (nSPS) is 11.9. The van der Waals surface area contributed by atoms with Crippen LogP contribution in [-0.4, -0.2) is 33.7 Å². The second-order valence-corrected chi connectivity index (χ2v) is 10.8. The number of hydrogen-bond acceptors (Lipinski definition) is 5. The van der Waals surface area contributed by atoms with Gasteiger partial charge in [-0.1, -0.05) is 35.3 Å². The van der Waals surface area contributed by atoms with Crippen LogP contribution in [0.25, 0.3) is 33.5 Å². The van der Waals surface area contributed by atoms with Crippen LogP contribution in [0.5, 0.6) is 0 Å². The van der Waals surface area contributed by atoms with Crippen molar-refractivity contribution in [1.29, 1.82) is 0 Å². The van der Waals surface area contributed by atoms with Crippen molar-refractivity contribution in [1.82, 2.24) is 20.2 Å². The number of aliphatic hydroxyl groups excluding tert-OH is 1. The van der Waals surface area contributed by atoms with Crippen LogP contribution in [0.3, 0.4) is 0 Å². The van der Waals surface area contributed by atoms with Crippen LogP contribution < -0.4 is 0 Å². The minimum absolute atomic E-state index is 0.00409. The third-order valence-electron chi connectivity index (χ3n) is 5.77. The molecular weight excluding hydrogens is 552 g/mol. The Kier molecular flexibility index (Phi) is 6.48. The monoisotopic (exact) mass is 566 g/mol. The zero-order valence-corrected chi connectivity index (χ0v) is 20.8. The lowest BCUT2D eigenvalue weighted by atomic mass is 9.99. The maximum absolute atomic E-state index is 15.6. The molecule has 0 radical (unpaired) electrons. The van der Waals surface area contributed by atoms with E-state index in [1.165, 1.54) is 24.4 Å². The largest absolute Gasteiger partial charge is 0.392 e. The van der Waals surface area contributed by atoms with Gasteiger partial charge >= 0.3 is 0 Å². The quantitative estimate of drug-likeness (QED) is 0.240. The van der Waals surface area contributed by atoms with Crippen LogP contribution in [-0.2, 0) is 22.2 Å². The highest BCUT2D eigenvalue weighted by Crippen LogP contribution is 2.37. The SMILES string of the molecule is O=S(=O)(Cc1ccc(F)c(-c2ccc3c(-c4ncc[nH]4)[nH]nc3c2F)c1F)c1cc(Cl)cc(CO)c1Cl. The predicted molar refractivity (Wildman–Crippen MR) is 132 cm³/mol. The first kappa shape index (κ1) is 25.3. The maximum Gasteiger partial charge on any atom is 0.184 e. The number of nitrogens with one attached hydrogen (secondary N) is 2. The Hall–Kier alpha value is -3.38. The van der Waals surface area contributed by atoms with Gasteiger partial charge in [0.05, 0.1) is 27.8 Å². The number of halogens is 5. The van der Waals surface area contributed by atoms with Crippen LogP contribution in [0, 0.1) is 17.5 Å². The topological polar surface area (TPSA) is 112 Å². The van der Waals surface area contributed by atoms with E-state index in [4.69, 9.17) is 23.2 Å². The fourth-order valence-electron chi connectivity index (χ4n) is 4.02. The first-order chi connectivity index (χ1) is 17.6. The summed E-state index contributed by atoms with van der Waals surface area (Å²) in [7, 11) is -4.31. The number of sulfone groups is 1. The van der Waals surface area contributed by atoms with Crippen molar-refractivity contribution >= 4 is 43.9 Å². The van der Waals surface area contributed by atoms with Gasteiger partial charge in [-0.3, -0.25) is 5.10 Å². The molecule has 0 bridgehead atoms. The summed E-state index contributed by atoms with van der Waals surface area (Å²) in [6.07, 6.45) is 3.07. The number of nitrogens with zero attached hydrogens (tertiary/aromatic N) is 2. The fraction of sp³-hybridized carbons (Fsp3) is 0.0833. The number of aromatic amines is 2. The number of aliphatic hydroxyl groups is 1. The number of imidazole rings is 1. The lowest BCUT2D eigenvalue weighted by Crippen LogP contribution is -2.10. The highest BCUT2D eigenvalue weighted by molar-refractivity contribution is 7.90. The summed E-state index contributed by atoms with van der Waals surface area (Å²) in [4.78, 5) is 6.52. The minimum atomic E-state index is -4.31. The van der Waals surface area contributed by atoms with Crippen molar-refractivity contribution in [3.05, 3.63) is 87.4 Å². The molecule has 0 saturated heterocycles. The van der Waals surface area contributed by atoms with Crippen molar-refractivity contribution in [3.8, 4) is 22.6 Å². The van der Waals surface area contributed by atoms with Gasteiger partial charge < -0.3 is 10.1 Å². The van der Waals surface area contributed by atoms with Crippen LogP contribution >= 0.6 is 23.2 Å². The van der Waals surface area contributed by atoms with Crippen molar-refractivity contribution < 1.29 is 26.7 Å². The van der Waals surface area contributed by atoms with E-state index in [-0.39, 0.29) is 21.1 Å². The van der Waals surface area contributed by atoms with E-state index in [2.05, 4.69) is 20.2 Å². The molecule has 3 N–H and O–H groups in total. The second-order valence-electron chi connectivity index (χ2n) is 8.05. The van der Waals surface area contributed by atoms with Gasteiger partial charge in [0.15, 0.2) is 21.5 Å². The fourth-order valence-corrected chi connectivity index (χ4v) is 6.34. The average Bonchev–Trinajstić information content (AvgIpc) is 3.53. The second kappa shape index (κ2) is 9.49. The van der Waals surface area contributed by atoms with Crippen molar-refractivity contribution in [3.63, 3.8) is 0 Å². The molecule has 0 saturated carbocycles. The smallest absolute Gasteiger partial charge is 0.184 e. The molecule has 2 heterocycles. The van der Waals surface area contributed by atoms with Crippen molar-refractivity contribution in [2.75, 3.05) is 0 Å². The summed E-state index contributed by atoms with van der Waals surface area (Å²) in [5.41, 5.74) is -1.34. The van der Waals surface area contributed by atoms with Gasteiger partial charge in [-0.05, 0) is 29.8 Å². The van der Waals surface area contributed by atoms with E-state index in [1.807, 2.05) is 0 Å². The van der Waals surface area contributed by atoms with Gasteiger partial charge in [-0.25, -0.2) is 26.6 Å². The summed E-state index contributed by atoms with van der Waals surface area (Å²) < 4.78 is 72.1. The summed E-state index contributed by atoms with van der Waals surface area (Å²) in [6, 6.07) is 6.79. The van der Waals surface area contributed by atoms with E-state index in [9.17, 15) is 17.9 Å². The van der Waals surface area contributed by atoms with Crippen molar-refractivity contribution in [2.45, 2.75) is 17.3 Å². The Morgan fingerprint density at radius 3 is 2.49 bits per heavy atom. The number of hydrogen-bond donors (Lipinski definition) is 3. The lowest BCUT2D eigenvalue weighted by molar-refractivity contribution is 0.281. The van der Waals surface area contributed by atoms with Gasteiger partial charge in [0.25, 0.3) is 0 Å². The van der Waals surface area contributed by atoms with Gasteiger partial charge in [0, 0.05) is 33.9 Å². The first-order valence-electron chi connectivity index (χ1n) is 10.6. The summed E-state index contributed by atoms with van der Waals surface area (Å²) in [5.74, 6) is -3.89. The first-order valence-corrected chi connectivity index (χ1v) is 13.0. The molecule has 0 aliphatic rings. The molecule has 5 rings (SSSR count). The van der Waals surface area contributed by atoms with Crippen LogP contribution in [0.15, 0.2) is 53.7 Å². The average molecular weight is 567 g/mol. The molecule has 0 spiro atoms. The molecule has 5 aromatic rings. The van der Waals surface area contributed by atoms with E-state index < -0.39 is 61.2 Å². The Morgan fingerprint density at radius 1 is 1.00 bits per heavy atom. The third kappa shape index (κ3) is 4.37. The molecule has 0 aliphatic heterocycles. The predicted octanol–water partition coefficient (Wildman–Crippen LogP) is 5.81. The van der Waals surface area contributed by atoms with Crippen LogP contribution in [0.2, 0.25) is 10.0 Å². The number of aromatic nitrogens is 4. The Labute approximate surface area is 217 Å². The Balaban J connectivity index is 1.60. The molecular formula is C24H15Cl2F3N4O3S. The molecule has 0 aliphatic carbocycles. The number of H-pyrrole nitrogens is 2. The van der Waals surface area contributed by atoms with E-state index in [1.54, 1.807) is 6.20 Å². The van der Waals surface area contributed by atoms with Gasteiger partial charge in [-0.2, -0.15) is 5.10 Å². The van der Waals surface area contributed by atoms with Gasteiger partial charge in [0.2, 0.25) is 0 Å². The summed E-state index contributed by atoms with van der Waals surface area (Å²) in [6.45, 7) is -0.576. The molecule has 0 atom stereocenters. The Bertz CT molecular complexity index is 1770.